The van der Waals surface area contributed by atoms with Gasteiger partial charge in [-0.2, -0.15) is 0 Å². The standard InChI is InChI=1S/C15H26S4/c1-2-4-6-8-10-12-14-16-18-19-17-15-13-11-9-7-5-3-1/h8,10,12,14H,1-7,9,11,13,15H2. The lowest BCUT2D eigenvalue weighted by molar-refractivity contribution is 0.567. The highest BCUT2D eigenvalue weighted by atomic mass is 33.7. The van der Waals surface area contributed by atoms with E-state index in [0.717, 1.165) is 0 Å². The van der Waals surface area contributed by atoms with Crippen LogP contribution < -0.4 is 0 Å². The van der Waals surface area contributed by atoms with Crippen molar-refractivity contribution in [2.45, 2.75) is 64.2 Å². The largest absolute Gasteiger partial charge is 0.0845 e. The molecule has 0 atom stereocenters. The summed E-state index contributed by atoms with van der Waals surface area (Å²) >= 11 is 0. The van der Waals surface area contributed by atoms with Gasteiger partial charge in [-0.05, 0) is 44.3 Å². The molecular weight excluding hydrogens is 308 g/mol. The molecule has 0 aromatic heterocycles. The van der Waals surface area contributed by atoms with E-state index in [4.69, 9.17) is 0 Å². The molecule has 0 nitrogen and oxygen atoms in total. The van der Waals surface area contributed by atoms with E-state index in [1.165, 1.54) is 70.0 Å². The number of allylic oxidation sites excluding steroid dienone is 3. The number of hydrogen-bond donors (Lipinski definition) is 0. The van der Waals surface area contributed by atoms with Crippen LogP contribution in [0, 0.1) is 0 Å². The predicted octanol–water partition coefficient (Wildman–Crippen LogP) is 7.65. The molecule has 0 radical (unpaired) electrons. The first kappa shape index (κ1) is 17.9. The van der Waals surface area contributed by atoms with E-state index in [2.05, 4.69) is 23.6 Å². The van der Waals surface area contributed by atoms with Crippen molar-refractivity contribution in [1.29, 1.82) is 0 Å². The number of hydrogen-bond acceptors (Lipinski definition) is 4. The fraction of sp³-hybridized carbons (Fsp3) is 0.733. The van der Waals surface area contributed by atoms with Gasteiger partial charge in [0.05, 0.1) is 0 Å². The lowest BCUT2D eigenvalue weighted by Gasteiger charge is -2.02. The van der Waals surface area contributed by atoms with Crippen molar-refractivity contribution in [1.82, 2.24) is 0 Å². The fourth-order valence-corrected chi connectivity index (χ4v) is 7.36. The third-order valence-electron chi connectivity index (χ3n) is 3.09. The zero-order chi connectivity index (χ0) is 13.4. The molecule has 0 unspecified atom stereocenters. The fourth-order valence-electron chi connectivity index (χ4n) is 2.01. The Hall–Kier alpha value is 0.880. The molecule has 0 amide bonds. The van der Waals surface area contributed by atoms with E-state index < -0.39 is 0 Å². The van der Waals surface area contributed by atoms with Gasteiger partial charge in [-0.15, -0.1) is 0 Å². The lowest BCUT2D eigenvalue weighted by atomic mass is 10.1. The van der Waals surface area contributed by atoms with Crippen LogP contribution in [0.15, 0.2) is 23.6 Å². The van der Waals surface area contributed by atoms with Gasteiger partial charge >= 0.3 is 0 Å². The van der Waals surface area contributed by atoms with Gasteiger partial charge in [-0.1, -0.05) is 84.8 Å². The molecule has 1 aliphatic rings. The van der Waals surface area contributed by atoms with Crippen LogP contribution in [0.3, 0.4) is 0 Å². The van der Waals surface area contributed by atoms with Crippen LogP contribution in [0.2, 0.25) is 0 Å². The summed E-state index contributed by atoms with van der Waals surface area (Å²) in [5.41, 5.74) is 0. The SMILES string of the molecule is C1=CCCCCCCCCCCCSSSSC=C1. The Balaban J connectivity index is 2.12. The first-order valence-electron chi connectivity index (χ1n) is 7.43. The second-order valence-electron chi connectivity index (χ2n) is 4.78. The summed E-state index contributed by atoms with van der Waals surface area (Å²) in [7, 11) is 7.63. The zero-order valence-corrected chi connectivity index (χ0v) is 15.0. The minimum absolute atomic E-state index is 1.24. The highest BCUT2D eigenvalue weighted by molar-refractivity contribution is 9.26. The van der Waals surface area contributed by atoms with E-state index >= 15 is 0 Å². The van der Waals surface area contributed by atoms with Gasteiger partial charge in [0.1, 0.15) is 0 Å². The second-order valence-corrected chi connectivity index (χ2v) is 10.7. The summed E-state index contributed by atoms with van der Waals surface area (Å²) in [6.45, 7) is 0. The van der Waals surface area contributed by atoms with Crippen molar-refractivity contribution in [3.8, 4) is 0 Å². The highest BCUT2D eigenvalue weighted by Crippen LogP contribution is 2.43. The molecule has 110 valence electrons. The average Bonchev–Trinajstić information content (AvgIpc) is 2.43. The van der Waals surface area contributed by atoms with Crippen molar-refractivity contribution in [2.24, 2.45) is 0 Å². The molecule has 4 heteroatoms. The summed E-state index contributed by atoms with van der Waals surface area (Å²) < 4.78 is 0. The van der Waals surface area contributed by atoms with Crippen LogP contribution in [0.4, 0.5) is 0 Å². The minimum atomic E-state index is 1.24. The molecule has 1 heterocycles. The predicted molar refractivity (Wildman–Crippen MR) is 99.7 cm³/mol. The van der Waals surface area contributed by atoms with Gasteiger partial charge in [0, 0.05) is 5.75 Å². The molecule has 19 heavy (non-hydrogen) atoms. The maximum Gasteiger partial charge on any atom is 0.00454 e. The van der Waals surface area contributed by atoms with Crippen molar-refractivity contribution in [2.75, 3.05) is 5.75 Å². The van der Waals surface area contributed by atoms with Crippen molar-refractivity contribution in [3.63, 3.8) is 0 Å². The number of rotatable bonds is 0. The normalized spacial score (nSPS) is 22.3. The Morgan fingerprint density at radius 2 is 1.32 bits per heavy atom. The minimum Gasteiger partial charge on any atom is -0.0845 e. The van der Waals surface area contributed by atoms with Gasteiger partial charge in [0.2, 0.25) is 0 Å². The summed E-state index contributed by atoms with van der Waals surface area (Å²) in [5, 5.41) is 2.18. The Labute approximate surface area is 134 Å². The van der Waals surface area contributed by atoms with Gasteiger partial charge in [-0.25, -0.2) is 0 Å². The molecule has 0 bridgehead atoms. The first-order chi connectivity index (χ1) is 9.50. The third kappa shape index (κ3) is 13.6. The summed E-state index contributed by atoms with van der Waals surface area (Å²) in [6.07, 6.45) is 20.7. The molecule has 0 aromatic carbocycles. The van der Waals surface area contributed by atoms with E-state index in [9.17, 15) is 0 Å². The molecule has 1 aliphatic heterocycles. The lowest BCUT2D eigenvalue weighted by Crippen LogP contribution is -1.82. The molecule has 0 aromatic rings. The Kier molecular flexibility index (Phi) is 14.4. The van der Waals surface area contributed by atoms with Gasteiger partial charge in [-0.3, -0.25) is 0 Å². The van der Waals surface area contributed by atoms with Crippen molar-refractivity contribution < 1.29 is 0 Å². The van der Waals surface area contributed by atoms with Crippen LogP contribution in [0.5, 0.6) is 0 Å². The Morgan fingerprint density at radius 1 is 0.632 bits per heavy atom. The smallest absolute Gasteiger partial charge is 0.00454 e. The second kappa shape index (κ2) is 15.3. The van der Waals surface area contributed by atoms with Crippen LogP contribution in [-0.2, 0) is 0 Å². The van der Waals surface area contributed by atoms with Gasteiger partial charge in [0.25, 0.3) is 0 Å². The van der Waals surface area contributed by atoms with Crippen LogP contribution in [0.1, 0.15) is 64.2 Å². The Morgan fingerprint density at radius 3 is 2.11 bits per heavy atom. The first-order valence-corrected chi connectivity index (χ1v) is 12.5. The van der Waals surface area contributed by atoms with Crippen LogP contribution >= 0.6 is 41.2 Å². The Bertz CT molecular complexity index is 214. The molecule has 0 aliphatic carbocycles. The maximum atomic E-state index is 2.30. The summed E-state index contributed by atoms with van der Waals surface area (Å²) in [5.74, 6) is 1.31. The van der Waals surface area contributed by atoms with E-state index in [1.807, 2.05) is 41.2 Å². The van der Waals surface area contributed by atoms with E-state index in [0.29, 0.717) is 0 Å². The highest BCUT2D eigenvalue weighted by Gasteiger charge is 1.94. The molecule has 0 N–H and O–H groups in total. The molecular formula is C15H26S4. The van der Waals surface area contributed by atoms with Crippen LogP contribution in [0.25, 0.3) is 0 Å². The molecule has 1 rings (SSSR count). The molecule has 0 spiro atoms. The average molecular weight is 335 g/mol. The van der Waals surface area contributed by atoms with E-state index in [-0.39, 0.29) is 0 Å². The van der Waals surface area contributed by atoms with Gasteiger partial charge in [0.15, 0.2) is 0 Å². The van der Waals surface area contributed by atoms with Gasteiger partial charge < -0.3 is 0 Å². The summed E-state index contributed by atoms with van der Waals surface area (Å²) in [6, 6.07) is 0. The van der Waals surface area contributed by atoms with Crippen LogP contribution in [-0.4, -0.2) is 5.75 Å². The van der Waals surface area contributed by atoms with Crippen molar-refractivity contribution >= 4 is 41.2 Å². The summed E-state index contributed by atoms with van der Waals surface area (Å²) in [4.78, 5) is 0. The molecule has 0 fully saturated rings. The topological polar surface area (TPSA) is 0 Å². The molecule has 0 saturated heterocycles. The monoisotopic (exact) mass is 334 g/mol. The van der Waals surface area contributed by atoms with Crippen molar-refractivity contribution in [3.05, 3.63) is 23.6 Å². The third-order valence-corrected chi connectivity index (χ3v) is 9.15. The maximum absolute atomic E-state index is 2.30. The zero-order valence-electron chi connectivity index (χ0n) is 11.7. The van der Waals surface area contributed by atoms with E-state index in [1.54, 1.807) is 0 Å². The quantitative estimate of drug-likeness (QED) is 0.417. The molecule has 0 saturated carbocycles.